The molecule has 20 heavy (non-hydrogen) atoms. The molecular weight excluding hydrogens is 252 g/mol. The van der Waals surface area contributed by atoms with Gasteiger partial charge in [0.15, 0.2) is 0 Å². The van der Waals surface area contributed by atoms with Gasteiger partial charge in [0.05, 0.1) is 7.11 Å². The van der Waals surface area contributed by atoms with Crippen molar-refractivity contribution in [1.82, 2.24) is 4.98 Å². The monoisotopic (exact) mass is 276 g/mol. The molecule has 0 saturated carbocycles. The van der Waals surface area contributed by atoms with Crippen molar-refractivity contribution in [2.45, 2.75) is 51.5 Å². The zero-order valence-electron chi connectivity index (χ0n) is 12.8. The maximum atomic E-state index is 11.9. The summed E-state index contributed by atoms with van der Waals surface area (Å²) in [6.07, 6.45) is 4.92. The normalized spacial score (nSPS) is 19.8. The molecule has 4 nitrogen and oxygen atoms in total. The molecule has 1 aliphatic heterocycles. The molecule has 1 unspecified atom stereocenters. The van der Waals surface area contributed by atoms with Gasteiger partial charge < -0.3 is 9.64 Å². The minimum absolute atomic E-state index is 0.0924. The molecule has 0 aliphatic carbocycles. The first kappa shape index (κ1) is 14.8. The van der Waals surface area contributed by atoms with Gasteiger partial charge in [-0.15, -0.1) is 0 Å². The van der Waals surface area contributed by atoms with E-state index < -0.39 is 0 Å². The first-order valence-corrected chi connectivity index (χ1v) is 7.24. The van der Waals surface area contributed by atoms with E-state index in [4.69, 9.17) is 4.74 Å². The third kappa shape index (κ3) is 3.11. The minimum Gasteiger partial charge on any atom is -0.467 e. The summed E-state index contributed by atoms with van der Waals surface area (Å²) < 4.78 is 4.91. The molecular formula is C16H24N2O2. The van der Waals surface area contributed by atoms with Crippen LogP contribution < -0.4 is 4.90 Å². The van der Waals surface area contributed by atoms with Crippen LogP contribution in [0.1, 0.15) is 45.6 Å². The standard InChI is InChI=1S/C16H24N2O2/c1-16(2,3)12-8-9-14(17-11-12)18-10-6-5-7-13(18)15(19)20-4/h8-9,11,13H,5-7,10H2,1-4H3. The SMILES string of the molecule is COC(=O)C1CCCCN1c1ccc(C(C)(C)C)cn1. The van der Waals surface area contributed by atoms with E-state index in [0.717, 1.165) is 31.6 Å². The van der Waals surface area contributed by atoms with Gasteiger partial charge in [0.25, 0.3) is 0 Å². The van der Waals surface area contributed by atoms with Gasteiger partial charge in [0.2, 0.25) is 0 Å². The predicted octanol–water partition coefficient (Wildman–Crippen LogP) is 2.91. The van der Waals surface area contributed by atoms with Crippen LogP contribution in [-0.4, -0.2) is 30.6 Å². The van der Waals surface area contributed by atoms with Gasteiger partial charge in [-0.1, -0.05) is 26.8 Å². The fraction of sp³-hybridized carbons (Fsp3) is 0.625. The Labute approximate surface area is 121 Å². The van der Waals surface area contributed by atoms with E-state index >= 15 is 0 Å². The predicted molar refractivity (Wildman–Crippen MR) is 79.9 cm³/mol. The lowest BCUT2D eigenvalue weighted by atomic mass is 9.88. The van der Waals surface area contributed by atoms with Crippen molar-refractivity contribution >= 4 is 11.8 Å². The molecule has 0 radical (unpaired) electrons. The molecule has 0 amide bonds. The number of aromatic nitrogens is 1. The number of pyridine rings is 1. The number of hydrogen-bond donors (Lipinski definition) is 0. The zero-order chi connectivity index (χ0) is 14.8. The van der Waals surface area contributed by atoms with Crippen LogP contribution >= 0.6 is 0 Å². The van der Waals surface area contributed by atoms with E-state index in [9.17, 15) is 4.79 Å². The molecule has 1 atom stereocenters. The number of ether oxygens (including phenoxy) is 1. The molecule has 1 saturated heterocycles. The van der Waals surface area contributed by atoms with E-state index in [-0.39, 0.29) is 17.4 Å². The lowest BCUT2D eigenvalue weighted by Crippen LogP contribution is -2.45. The average molecular weight is 276 g/mol. The van der Waals surface area contributed by atoms with Crippen molar-refractivity contribution in [2.24, 2.45) is 0 Å². The molecule has 2 rings (SSSR count). The summed E-state index contributed by atoms with van der Waals surface area (Å²) in [6.45, 7) is 7.37. The van der Waals surface area contributed by atoms with E-state index in [1.54, 1.807) is 0 Å². The highest BCUT2D eigenvalue weighted by molar-refractivity contribution is 5.79. The van der Waals surface area contributed by atoms with Crippen molar-refractivity contribution in [3.63, 3.8) is 0 Å². The summed E-state index contributed by atoms with van der Waals surface area (Å²) in [4.78, 5) is 18.5. The third-order valence-electron chi connectivity index (χ3n) is 3.88. The lowest BCUT2D eigenvalue weighted by molar-refractivity contribution is -0.142. The number of esters is 1. The molecule has 0 aromatic carbocycles. The van der Waals surface area contributed by atoms with Crippen molar-refractivity contribution in [2.75, 3.05) is 18.6 Å². The van der Waals surface area contributed by atoms with E-state index in [0.29, 0.717) is 0 Å². The Hall–Kier alpha value is -1.58. The number of carbonyl (C=O) groups is 1. The molecule has 110 valence electrons. The second kappa shape index (κ2) is 5.81. The van der Waals surface area contributed by atoms with Gasteiger partial charge in [0, 0.05) is 12.7 Å². The lowest BCUT2D eigenvalue weighted by Gasteiger charge is -2.35. The quantitative estimate of drug-likeness (QED) is 0.779. The first-order valence-electron chi connectivity index (χ1n) is 7.24. The summed E-state index contributed by atoms with van der Waals surface area (Å²) in [6, 6.07) is 3.93. The maximum Gasteiger partial charge on any atom is 0.328 e. The third-order valence-corrected chi connectivity index (χ3v) is 3.88. The van der Waals surface area contributed by atoms with Gasteiger partial charge >= 0.3 is 5.97 Å². The van der Waals surface area contributed by atoms with Gasteiger partial charge in [0.1, 0.15) is 11.9 Å². The van der Waals surface area contributed by atoms with Crippen molar-refractivity contribution in [3.05, 3.63) is 23.9 Å². The van der Waals surface area contributed by atoms with Crippen LogP contribution in [0.3, 0.4) is 0 Å². The van der Waals surface area contributed by atoms with Crippen LogP contribution in [0.4, 0.5) is 5.82 Å². The topological polar surface area (TPSA) is 42.4 Å². The molecule has 1 aromatic heterocycles. The van der Waals surface area contributed by atoms with Crippen LogP contribution in [0.5, 0.6) is 0 Å². The van der Waals surface area contributed by atoms with Crippen LogP contribution in [0.25, 0.3) is 0 Å². The highest BCUT2D eigenvalue weighted by Crippen LogP contribution is 2.27. The summed E-state index contributed by atoms with van der Waals surface area (Å²) in [5.74, 6) is 0.708. The second-order valence-corrected chi connectivity index (χ2v) is 6.38. The maximum absolute atomic E-state index is 11.9. The van der Waals surface area contributed by atoms with E-state index in [1.807, 2.05) is 12.3 Å². The number of anilines is 1. The number of nitrogens with zero attached hydrogens (tertiary/aromatic N) is 2. The van der Waals surface area contributed by atoms with Gasteiger partial charge in [-0.25, -0.2) is 9.78 Å². The molecule has 0 N–H and O–H groups in total. The number of hydrogen-bond acceptors (Lipinski definition) is 4. The largest absolute Gasteiger partial charge is 0.467 e. The van der Waals surface area contributed by atoms with Crippen molar-refractivity contribution < 1.29 is 9.53 Å². The average Bonchev–Trinajstić information content (AvgIpc) is 2.45. The summed E-state index contributed by atoms with van der Waals surface area (Å²) in [7, 11) is 1.45. The Morgan fingerprint density at radius 2 is 2.10 bits per heavy atom. The molecule has 0 spiro atoms. The fourth-order valence-corrected chi connectivity index (χ4v) is 2.59. The zero-order valence-corrected chi connectivity index (χ0v) is 12.8. The summed E-state index contributed by atoms with van der Waals surface area (Å²) >= 11 is 0. The number of methoxy groups -OCH3 is 1. The number of piperidine rings is 1. The molecule has 1 fully saturated rings. The smallest absolute Gasteiger partial charge is 0.328 e. The van der Waals surface area contributed by atoms with Crippen LogP contribution in [0.15, 0.2) is 18.3 Å². The molecule has 2 heterocycles. The Bertz CT molecular complexity index is 462. The van der Waals surface area contributed by atoms with Crippen LogP contribution in [0, 0.1) is 0 Å². The van der Waals surface area contributed by atoms with Gasteiger partial charge in [-0.3, -0.25) is 0 Å². The Kier molecular flexibility index (Phi) is 4.31. The molecule has 4 heteroatoms. The van der Waals surface area contributed by atoms with Gasteiger partial charge in [-0.05, 0) is 36.3 Å². The van der Waals surface area contributed by atoms with Crippen molar-refractivity contribution in [1.29, 1.82) is 0 Å². The summed E-state index contributed by atoms with van der Waals surface area (Å²) in [5.41, 5.74) is 1.29. The molecule has 0 bridgehead atoms. The second-order valence-electron chi connectivity index (χ2n) is 6.38. The van der Waals surface area contributed by atoms with E-state index in [1.165, 1.54) is 12.7 Å². The minimum atomic E-state index is -0.193. The molecule has 1 aliphatic rings. The molecule has 1 aromatic rings. The Morgan fingerprint density at radius 3 is 2.65 bits per heavy atom. The van der Waals surface area contributed by atoms with Crippen LogP contribution in [0.2, 0.25) is 0 Å². The van der Waals surface area contributed by atoms with Crippen LogP contribution in [-0.2, 0) is 14.9 Å². The first-order chi connectivity index (χ1) is 9.43. The highest BCUT2D eigenvalue weighted by atomic mass is 16.5. The Balaban J connectivity index is 2.22. The highest BCUT2D eigenvalue weighted by Gasteiger charge is 2.30. The van der Waals surface area contributed by atoms with Gasteiger partial charge in [-0.2, -0.15) is 0 Å². The number of carbonyl (C=O) groups excluding carboxylic acids is 1. The summed E-state index contributed by atoms with van der Waals surface area (Å²) in [5, 5.41) is 0. The number of rotatable bonds is 2. The Morgan fingerprint density at radius 1 is 1.35 bits per heavy atom. The van der Waals surface area contributed by atoms with Crippen molar-refractivity contribution in [3.8, 4) is 0 Å². The van der Waals surface area contributed by atoms with E-state index in [2.05, 4.69) is 36.7 Å². The fourth-order valence-electron chi connectivity index (χ4n) is 2.59.